The molecule has 20 heavy (non-hydrogen) atoms. The van der Waals surface area contributed by atoms with Gasteiger partial charge in [0.1, 0.15) is 11.5 Å². The molecule has 1 amide bonds. The van der Waals surface area contributed by atoms with E-state index in [9.17, 15) is 4.79 Å². The van der Waals surface area contributed by atoms with Crippen molar-refractivity contribution in [1.29, 1.82) is 0 Å². The third kappa shape index (κ3) is 2.32. The lowest BCUT2D eigenvalue weighted by molar-refractivity contribution is 0.0779. The number of aromatic nitrogens is 2. The third-order valence-electron chi connectivity index (χ3n) is 3.14. The number of hydrogen-bond acceptors (Lipinski definition) is 4. The van der Waals surface area contributed by atoms with Gasteiger partial charge < -0.3 is 19.4 Å². The predicted molar refractivity (Wildman–Crippen MR) is 71.7 cm³/mol. The number of carbonyl (C=O) groups excluding carboxylic acids is 1. The third-order valence-corrected chi connectivity index (χ3v) is 3.14. The fourth-order valence-corrected chi connectivity index (χ4v) is 2.12. The van der Waals surface area contributed by atoms with Gasteiger partial charge in [-0.2, -0.15) is 0 Å². The van der Waals surface area contributed by atoms with Crippen molar-refractivity contribution in [3.8, 4) is 11.5 Å². The molecular weight excluding hydrogens is 258 g/mol. The van der Waals surface area contributed by atoms with Crippen LogP contribution in [0.1, 0.15) is 21.9 Å². The van der Waals surface area contributed by atoms with E-state index in [0.29, 0.717) is 12.2 Å². The van der Waals surface area contributed by atoms with E-state index in [0.717, 1.165) is 22.9 Å². The molecule has 0 atom stereocenters. The van der Waals surface area contributed by atoms with Crippen molar-refractivity contribution in [1.82, 2.24) is 14.9 Å². The molecule has 0 fully saturated rings. The molecule has 1 aliphatic rings. The Morgan fingerprint density at radius 3 is 2.95 bits per heavy atom. The summed E-state index contributed by atoms with van der Waals surface area (Å²) in [5, 5.41) is 0. The summed E-state index contributed by atoms with van der Waals surface area (Å²) in [7, 11) is 1.75. The van der Waals surface area contributed by atoms with Crippen LogP contribution in [0.2, 0.25) is 0 Å². The van der Waals surface area contributed by atoms with Gasteiger partial charge in [-0.1, -0.05) is 6.07 Å². The quantitative estimate of drug-likeness (QED) is 0.924. The highest BCUT2D eigenvalue weighted by molar-refractivity contribution is 5.91. The molecule has 3 rings (SSSR count). The maximum absolute atomic E-state index is 12.2. The molecule has 0 bridgehead atoms. The van der Waals surface area contributed by atoms with Gasteiger partial charge in [-0.05, 0) is 24.6 Å². The molecule has 1 N–H and O–H groups in total. The van der Waals surface area contributed by atoms with Gasteiger partial charge in [-0.25, -0.2) is 4.98 Å². The van der Waals surface area contributed by atoms with Crippen LogP contribution >= 0.6 is 0 Å². The average molecular weight is 273 g/mol. The lowest BCUT2D eigenvalue weighted by Crippen LogP contribution is -2.26. The molecule has 2 aromatic rings. The van der Waals surface area contributed by atoms with Crippen molar-refractivity contribution >= 4 is 5.91 Å². The number of H-pyrrole nitrogens is 1. The number of aromatic amines is 1. The van der Waals surface area contributed by atoms with Crippen molar-refractivity contribution in [2.45, 2.75) is 13.5 Å². The van der Waals surface area contributed by atoms with Gasteiger partial charge in [0, 0.05) is 13.6 Å². The molecule has 0 aliphatic carbocycles. The second-order valence-electron chi connectivity index (χ2n) is 4.73. The highest BCUT2D eigenvalue weighted by Gasteiger charge is 2.17. The fraction of sp³-hybridized carbons (Fsp3) is 0.286. The summed E-state index contributed by atoms with van der Waals surface area (Å²) in [5.41, 5.74) is 1.48. The number of nitrogens with one attached hydrogen (secondary N) is 1. The highest BCUT2D eigenvalue weighted by Crippen LogP contribution is 2.32. The van der Waals surface area contributed by atoms with Gasteiger partial charge in [0.05, 0.1) is 6.20 Å². The van der Waals surface area contributed by atoms with E-state index in [1.54, 1.807) is 18.1 Å². The lowest BCUT2D eigenvalue weighted by atomic mass is 10.2. The number of rotatable bonds is 3. The Bertz CT molecular complexity index is 651. The number of carbonyl (C=O) groups is 1. The zero-order valence-electron chi connectivity index (χ0n) is 11.3. The van der Waals surface area contributed by atoms with Crippen LogP contribution in [0.4, 0.5) is 0 Å². The van der Waals surface area contributed by atoms with Crippen LogP contribution in [0.5, 0.6) is 11.5 Å². The zero-order valence-corrected chi connectivity index (χ0v) is 11.3. The number of hydrogen-bond donors (Lipinski definition) is 1. The Hall–Kier alpha value is -2.50. The zero-order chi connectivity index (χ0) is 14.1. The molecule has 6 nitrogen and oxygen atoms in total. The minimum absolute atomic E-state index is 0.0942. The van der Waals surface area contributed by atoms with Gasteiger partial charge in [-0.3, -0.25) is 4.79 Å². The first kappa shape index (κ1) is 12.5. The van der Waals surface area contributed by atoms with E-state index in [1.807, 2.05) is 25.1 Å². The number of aryl methyl sites for hydroxylation is 1. The van der Waals surface area contributed by atoms with E-state index in [2.05, 4.69) is 9.97 Å². The number of fused-ring (bicyclic) bond motifs is 1. The Labute approximate surface area is 116 Å². The van der Waals surface area contributed by atoms with Crippen LogP contribution in [0.3, 0.4) is 0 Å². The summed E-state index contributed by atoms with van der Waals surface area (Å²) in [6.07, 6.45) is 1.55. The standard InChI is InChI=1S/C14H15N3O3/c1-9-15-6-11(16-9)14(18)17(2)7-10-3-4-12-13(5-10)20-8-19-12/h3-6H,7-8H2,1-2H3,(H,15,16). The average Bonchev–Trinajstić information content (AvgIpc) is 3.05. The summed E-state index contributed by atoms with van der Waals surface area (Å²) in [5.74, 6) is 2.10. The number of ether oxygens (including phenoxy) is 2. The van der Waals surface area contributed by atoms with Crippen molar-refractivity contribution in [2.24, 2.45) is 0 Å². The van der Waals surface area contributed by atoms with E-state index >= 15 is 0 Å². The maximum Gasteiger partial charge on any atom is 0.271 e. The molecule has 2 heterocycles. The topological polar surface area (TPSA) is 67.5 Å². The summed E-state index contributed by atoms with van der Waals surface area (Å²) >= 11 is 0. The Balaban J connectivity index is 1.72. The summed E-state index contributed by atoms with van der Waals surface area (Å²) < 4.78 is 10.6. The molecule has 6 heteroatoms. The van der Waals surface area contributed by atoms with Crippen molar-refractivity contribution in [3.05, 3.63) is 41.5 Å². The second-order valence-corrected chi connectivity index (χ2v) is 4.73. The van der Waals surface area contributed by atoms with Gasteiger partial charge >= 0.3 is 0 Å². The SMILES string of the molecule is Cc1ncc(C(=O)N(C)Cc2ccc3c(c2)OCO3)[nH]1. The van der Waals surface area contributed by atoms with Gasteiger partial charge in [0.2, 0.25) is 6.79 Å². The first-order chi connectivity index (χ1) is 9.63. The van der Waals surface area contributed by atoms with Gasteiger partial charge in [0.25, 0.3) is 5.91 Å². The van der Waals surface area contributed by atoms with Gasteiger partial charge in [-0.15, -0.1) is 0 Å². The van der Waals surface area contributed by atoms with E-state index in [-0.39, 0.29) is 12.7 Å². The van der Waals surface area contributed by atoms with Crippen LogP contribution in [0, 0.1) is 6.92 Å². The minimum Gasteiger partial charge on any atom is -0.454 e. The summed E-state index contributed by atoms with van der Waals surface area (Å²) in [6, 6.07) is 5.68. The molecule has 104 valence electrons. The maximum atomic E-state index is 12.2. The van der Waals surface area contributed by atoms with Crippen LogP contribution < -0.4 is 9.47 Å². The minimum atomic E-state index is -0.0942. The Morgan fingerprint density at radius 1 is 1.40 bits per heavy atom. The monoisotopic (exact) mass is 273 g/mol. The first-order valence-electron chi connectivity index (χ1n) is 6.29. The second kappa shape index (κ2) is 4.88. The number of amides is 1. The van der Waals surface area contributed by atoms with Crippen LogP contribution in [-0.4, -0.2) is 34.6 Å². The smallest absolute Gasteiger partial charge is 0.271 e. The predicted octanol–water partition coefficient (Wildman–Crippen LogP) is 1.72. The summed E-state index contributed by atoms with van der Waals surface area (Å²) in [4.78, 5) is 20.8. The Kier molecular flexibility index (Phi) is 3.06. The highest BCUT2D eigenvalue weighted by atomic mass is 16.7. The number of nitrogens with zero attached hydrogens (tertiary/aromatic N) is 2. The summed E-state index contributed by atoms with van der Waals surface area (Å²) in [6.45, 7) is 2.56. The van der Waals surface area contributed by atoms with E-state index in [1.165, 1.54) is 0 Å². The Morgan fingerprint density at radius 2 is 2.20 bits per heavy atom. The van der Waals surface area contributed by atoms with Crippen molar-refractivity contribution < 1.29 is 14.3 Å². The molecule has 0 saturated carbocycles. The molecule has 0 saturated heterocycles. The molecule has 0 radical (unpaired) electrons. The van der Waals surface area contributed by atoms with E-state index in [4.69, 9.17) is 9.47 Å². The van der Waals surface area contributed by atoms with Crippen LogP contribution in [-0.2, 0) is 6.54 Å². The fourth-order valence-electron chi connectivity index (χ4n) is 2.12. The van der Waals surface area contributed by atoms with Crippen LogP contribution in [0.15, 0.2) is 24.4 Å². The number of imidazole rings is 1. The first-order valence-corrected chi connectivity index (χ1v) is 6.29. The van der Waals surface area contributed by atoms with E-state index < -0.39 is 0 Å². The lowest BCUT2D eigenvalue weighted by Gasteiger charge is -2.16. The molecule has 1 aromatic heterocycles. The largest absolute Gasteiger partial charge is 0.454 e. The van der Waals surface area contributed by atoms with Crippen LogP contribution in [0.25, 0.3) is 0 Å². The van der Waals surface area contributed by atoms with Gasteiger partial charge in [0.15, 0.2) is 11.5 Å². The molecule has 1 aliphatic heterocycles. The molecule has 0 spiro atoms. The normalized spacial score (nSPS) is 12.5. The molecule has 0 unspecified atom stereocenters. The molecule has 1 aromatic carbocycles. The molecular formula is C14H15N3O3. The number of benzene rings is 1. The van der Waals surface area contributed by atoms with Crippen molar-refractivity contribution in [2.75, 3.05) is 13.8 Å². The van der Waals surface area contributed by atoms with Crippen molar-refractivity contribution in [3.63, 3.8) is 0 Å².